The van der Waals surface area contributed by atoms with Gasteiger partial charge in [0.2, 0.25) is 0 Å². The Bertz CT molecular complexity index is 534. The molecule has 17 heavy (non-hydrogen) atoms. The van der Waals surface area contributed by atoms with Crippen LogP contribution in [0.4, 0.5) is 11.4 Å². The van der Waals surface area contributed by atoms with E-state index in [0.717, 1.165) is 28.7 Å². The molecule has 0 fully saturated rings. The third kappa shape index (κ3) is 2.56. The summed E-state index contributed by atoms with van der Waals surface area (Å²) in [5.74, 6) is 0. The first kappa shape index (κ1) is 11.5. The van der Waals surface area contributed by atoms with Gasteiger partial charge in [-0.1, -0.05) is 6.08 Å². The lowest BCUT2D eigenvalue weighted by molar-refractivity contribution is 0.815. The number of anilines is 2. The molecule has 0 bridgehead atoms. The van der Waals surface area contributed by atoms with Gasteiger partial charge in [-0.3, -0.25) is 4.98 Å². The van der Waals surface area contributed by atoms with Crippen molar-refractivity contribution in [3.63, 3.8) is 0 Å². The van der Waals surface area contributed by atoms with Crippen LogP contribution >= 0.6 is 0 Å². The molecule has 3 heteroatoms. The molecule has 2 rings (SSSR count). The van der Waals surface area contributed by atoms with Crippen molar-refractivity contribution in [1.82, 2.24) is 4.98 Å². The highest BCUT2D eigenvalue weighted by Crippen LogP contribution is 2.24. The van der Waals surface area contributed by atoms with Crippen LogP contribution in [-0.4, -0.2) is 11.0 Å². The number of nitrogens with zero attached hydrogens (tertiary/aromatic N) is 1. The number of pyridine rings is 1. The Hall–Kier alpha value is -2.03. The molecule has 88 valence electrons. The van der Waals surface area contributed by atoms with Gasteiger partial charge >= 0.3 is 0 Å². The molecule has 0 spiro atoms. The molecular weight excluding hydrogens is 210 g/mol. The van der Waals surface area contributed by atoms with Gasteiger partial charge < -0.3 is 11.1 Å². The minimum Gasteiger partial charge on any atom is -0.399 e. The summed E-state index contributed by atoms with van der Waals surface area (Å²) in [6.45, 7) is 5.88. The van der Waals surface area contributed by atoms with Gasteiger partial charge in [-0.25, -0.2) is 0 Å². The molecule has 3 N–H and O–H groups in total. The molecular formula is C14H17N3. The van der Waals surface area contributed by atoms with Gasteiger partial charge in [0.15, 0.2) is 0 Å². The Labute approximate surface area is 101 Å². The van der Waals surface area contributed by atoms with E-state index in [0.29, 0.717) is 6.04 Å². The fourth-order valence-corrected chi connectivity index (χ4v) is 1.87. The summed E-state index contributed by atoms with van der Waals surface area (Å²) in [5, 5.41) is 4.55. The number of hydrogen-bond donors (Lipinski definition) is 2. The van der Waals surface area contributed by atoms with Gasteiger partial charge in [-0.05, 0) is 37.6 Å². The normalized spacial score (nSPS) is 12.3. The molecule has 0 saturated carbocycles. The molecule has 1 heterocycles. The second-order valence-electron chi connectivity index (χ2n) is 4.20. The Balaban J connectivity index is 2.37. The predicted octanol–water partition coefficient (Wildman–Crippen LogP) is 3.19. The topological polar surface area (TPSA) is 50.9 Å². The third-order valence-corrected chi connectivity index (χ3v) is 2.69. The van der Waals surface area contributed by atoms with Crippen LogP contribution in [0.25, 0.3) is 10.9 Å². The summed E-state index contributed by atoms with van der Waals surface area (Å²) in [5.41, 5.74) is 8.49. The number of nitrogens with two attached hydrogens (primary N) is 1. The van der Waals surface area contributed by atoms with Crippen molar-refractivity contribution < 1.29 is 0 Å². The van der Waals surface area contributed by atoms with E-state index in [2.05, 4.69) is 23.8 Å². The Kier molecular flexibility index (Phi) is 3.28. The maximum Gasteiger partial charge on any atom is 0.0743 e. The zero-order valence-corrected chi connectivity index (χ0v) is 9.98. The number of fused-ring (bicyclic) bond motifs is 1. The average Bonchev–Trinajstić information content (AvgIpc) is 2.29. The molecule has 1 aromatic heterocycles. The van der Waals surface area contributed by atoms with Crippen molar-refractivity contribution in [2.45, 2.75) is 19.4 Å². The van der Waals surface area contributed by atoms with Crippen LogP contribution in [0.15, 0.2) is 43.1 Å². The zero-order valence-electron chi connectivity index (χ0n) is 9.98. The van der Waals surface area contributed by atoms with Crippen molar-refractivity contribution in [3.8, 4) is 0 Å². The number of benzene rings is 1. The standard InChI is InChI=1S/C14H17N3/c1-3-4-10(2)17-13-7-8-16-14-9-11(15)5-6-12(13)14/h3,5-10H,1,4,15H2,2H3,(H,16,17). The number of nitrogen functional groups attached to an aromatic ring is 1. The van der Waals surface area contributed by atoms with Crippen LogP contribution in [0.5, 0.6) is 0 Å². The summed E-state index contributed by atoms with van der Waals surface area (Å²) in [4.78, 5) is 4.32. The molecule has 1 aromatic carbocycles. The van der Waals surface area contributed by atoms with Crippen LogP contribution in [0.3, 0.4) is 0 Å². The van der Waals surface area contributed by atoms with E-state index in [1.54, 1.807) is 6.20 Å². The molecule has 0 aliphatic rings. The monoisotopic (exact) mass is 227 g/mol. The van der Waals surface area contributed by atoms with Crippen molar-refractivity contribution in [3.05, 3.63) is 43.1 Å². The second kappa shape index (κ2) is 4.87. The lowest BCUT2D eigenvalue weighted by Gasteiger charge is -2.15. The van der Waals surface area contributed by atoms with E-state index in [1.807, 2.05) is 30.3 Å². The zero-order chi connectivity index (χ0) is 12.3. The molecule has 0 radical (unpaired) electrons. The quantitative estimate of drug-likeness (QED) is 0.623. The number of nitrogens with one attached hydrogen (secondary N) is 1. The fourth-order valence-electron chi connectivity index (χ4n) is 1.87. The highest BCUT2D eigenvalue weighted by atomic mass is 14.9. The van der Waals surface area contributed by atoms with Gasteiger partial charge in [0.25, 0.3) is 0 Å². The van der Waals surface area contributed by atoms with E-state index in [9.17, 15) is 0 Å². The largest absolute Gasteiger partial charge is 0.399 e. The fraction of sp³-hybridized carbons (Fsp3) is 0.214. The highest BCUT2D eigenvalue weighted by Gasteiger charge is 2.04. The van der Waals surface area contributed by atoms with Crippen LogP contribution in [0.1, 0.15) is 13.3 Å². The summed E-state index contributed by atoms with van der Waals surface area (Å²) in [7, 11) is 0. The van der Waals surface area contributed by atoms with Crippen molar-refractivity contribution >= 4 is 22.3 Å². The van der Waals surface area contributed by atoms with Crippen LogP contribution in [0.2, 0.25) is 0 Å². The third-order valence-electron chi connectivity index (χ3n) is 2.69. The first-order valence-corrected chi connectivity index (χ1v) is 5.72. The minimum atomic E-state index is 0.357. The molecule has 1 atom stereocenters. The van der Waals surface area contributed by atoms with E-state index in [4.69, 9.17) is 5.73 Å². The average molecular weight is 227 g/mol. The maximum absolute atomic E-state index is 5.75. The molecule has 0 amide bonds. The summed E-state index contributed by atoms with van der Waals surface area (Å²) < 4.78 is 0. The molecule has 0 saturated heterocycles. The molecule has 0 aliphatic heterocycles. The Morgan fingerprint density at radius 3 is 3.06 bits per heavy atom. The first-order chi connectivity index (χ1) is 8.20. The lowest BCUT2D eigenvalue weighted by atomic mass is 10.1. The SMILES string of the molecule is C=CCC(C)Nc1ccnc2cc(N)ccc12. The number of hydrogen-bond acceptors (Lipinski definition) is 3. The van der Waals surface area contributed by atoms with Crippen LogP contribution in [-0.2, 0) is 0 Å². The van der Waals surface area contributed by atoms with E-state index in [-0.39, 0.29) is 0 Å². The minimum absolute atomic E-state index is 0.357. The van der Waals surface area contributed by atoms with Gasteiger partial charge in [0.1, 0.15) is 0 Å². The molecule has 1 unspecified atom stereocenters. The maximum atomic E-state index is 5.75. The van der Waals surface area contributed by atoms with Gasteiger partial charge in [-0.15, -0.1) is 6.58 Å². The smallest absolute Gasteiger partial charge is 0.0743 e. The van der Waals surface area contributed by atoms with Crippen LogP contribution in [0, 0.1) is 0 Å². The second-order valence-corrected chi connectivity index (χ2v) is 4.20. The van der Waals surface area contributed by atoms with E-state index >= 15 is 0 Å². The Morgan fingerprint density at radius 2 is 2.29 bits per heavy atom. The summed E-state index contributed by atoms with van der Waals surface area (Å²) in [6.07, 6.45) is 4.64. The molecule has 2 aromatic rings. The number of aromatic nitrogens is 1. The summed E-state index contributed by atoms with van der Waals surface area (Å²) in [6, 6.07) is 8.13. The van der Waals surface area contributed by atoms with Crippen molar-refractivity contribution in [2.75, 3.05) is 11.1 Å². The van der Waals surface area contributed by atoms with Gasteiger partial charge in [0, 0.05) is 29.0 Å². The highest BCUT2D eigenvalue weighted by molar-refractivity contribution is 5.92. The number of rotatable bonds is 4. The van der Waals surface area contributed by atoms with Gasteiger partial charge in [-0.2, -0.15) is 0 Å². The lowest BCUT2D eigenvalue weighted by Crippen LogP contribution is -2.14. The summed E-state index contributed by atoms with van der Waals surface area (Å²) >= 11 is 0. The first-order valence-electron chi connectivity index (χ1n) is 5.72. The predicted molar refractivity (Wildman–Crippen MR) is 74.1 cm³/mol. The molecule has 3 nitrogen and oxygen atoms in total. The van der Waals surface area contributed by atoms with E-state index in [1.165, 1.54) is 0 Å². The van der Waals surface area contributed by atoms with E-state index < -0.39 is 0 Å². The van der Waals surface area contributed by atoms with Crippen molar-refractivity contribution in [2.24, 2.45) is 0 Å². The van der Waals surface area contributed by atoms with Crippen molar-refractivity contribution in [1.29, 1.82) is 0 Å². The molecule has 0 aliphatic carbocycles. The van der Waals surface area contributed by atoms with Crippen LogP contribution < -0.4 is 11.1 Å². The Morgan fingerprint density at radius 1 is 1.47 bits per heavy atom. The van der Waals surface area contributed by atoms with Gasteiger partial charge in [0.05, 0.1) is 5.52 Å².